The van der Waals surface area contributed by atoms with E-state index in [1.807, 2.05) is 35.0 Å². The summed E-state index contributed by atoms with van der Waals surface area (Å²) in [6, 6.07) is 7.73. The minimum Gasteiger partial charge on any atom is -0.493 e. The van der Waals surface area contributed by atoms with Gasteiger partial charge in [-0.2, -0.15) is 5.10 Å². The molecule has 4 heterocycles. The molecule has 0 saturated heterocycles. The fourth-order valence-corrected chi connectivity index (χ4v) is 3.69. The molecule has 0 aliphatic heterocycles. The summed E-state index contributed by atoms with van der Waals surface area (Å²) in [5, 5.41) is 8.91. The Labute approximate surface area is 181 Å². The van der Waals surface area contributed by atoms with Crippen LogP contribution >= 0.6 is 22.6 Å². The molecule has 2 saturated carbocycles. The number of rotatable bonds is 4. The van der Waals surface area contributed by atoms with Crippen molar-refractivity contribution in [3.8, 4) is 11.5 Å². The molecule has 4 aromatic rings. The molecular formula is C20H21IN6O2. The summed E-state index contributed by atoms with van der Waals surface area (Å²) in [5.41, 5.74) is 1.64. The van der Waals surface area contributed by atoms with Gasteiger partial charge in [-0.3, -0.25) is 0 Å². The first-order valence-electron chi connectivity index (χ1n) is 9.66. The smallest absolute Gasteiger partial charge is 0.199 e. The SMILES string of the molecule is COc1ccc(I)n2nc(C3CC3)nc12.COc1cccn2nc(C3CC3)nc12. The molecular weight excluding hydrogens is 483 g/mol. The third-order valence-corrected chi connectivity index (χ3v) is 5.90. The zero-order chi connectivity index (χ0) is 20.0. The number of methoxy groups -OCH3 is 2. The maximum absolute atomic E-state index is 5.27. The second-order valence-electron chi connectivity index (χ2n) is 7.29. The topological polar surface area (TPSA) is 78.8 Å². The van der Waals surface area contributed by atoms with Crippen LogP contribution in [0, 0.1) is 3.70 Å². The summed E-state index contributed by atoms with van der Waals surface area (Å²) in [4.78, 5) is 9.00. The van der Waals surface area contributed by atoms with Crippen molar-refractivity contribution in [2.75, 3.05) is 14.2 Å². The van der Waals surface area contributed by atoms with E-state index in [1.54, 1.807) is 18.7 Å². The van der Waals surface area contributed by atoms with Gasteiger partial charge < -0.3 is 9.47 Å². The molecule has 0 atom stereocenters. The molecule has 0 bridgehead atoms. The minimum atomic E-state index is 0.574. The third kappa shape index (κ3) is 3.63. The maximum Gasteiger partial charge on any atom is 0.199 e. The van der Waals surface area contributed by atoms with Crippen LogP contribution in [0.25, 0.3) is 11.3 Å². The van der Waals surface area contributed by atoms with Crippen LogP contribution in [-0.4, -0.2) is 43.4 Å². The Morgan fingerprint density at radius 2 is 1.48 bits per heavy atom. The van der Waals surface area contributed by atoms with E-state index in [-0.39, 0.29) is 0 Å². The predicted octanol–water partition coefficient (Wildman–Crippen LogP) is 3.84. The first-order chi connectivity index (χ1) is 14.2. The Morgan fingerprint density at radius 3 is 2.14 bits per heavy atom. The molecule has 8 nitrogen and oxygen atoms in total. The van der Waals surface area contributed by atoms with E-state index in [4.69, 9.17) is 9.47 Å². The lowest BCUT2D eigenvalue weighted by molar-refractivity contribution is 0.416. The van der Waals surface area contributed by atoms with Crippen LogP contribution in [0.3, 0.4) is 0 Å². The highest BCUT2D eigenvalue weighted by molar-refractivity contribution is 14.1. The molecule has 0 radical (unpaired) electrons. The zero-order valence-corrected chi connectivity index (χ0v) is 18.4. The lowest BCUT2D eigenvalue weighted by Gasteiger charge is -2.01. The van der Waals surface area contributed by atoms with E-state index >= 15 is 0 Å². The maximum atomic E-state index is 5.27. The van der Waals surface area contributed by atoms with Gasteiger partial charge in [0.1, 0.15) is 3.70 Å². The summed E-state index contributed by atoms with van der Waals surface area (Å²) in [7, 11) is 3.31. The summed E-state index contributed by atoms with van der Waals surface area (Å²) < 4.78 is 15.2. The fraction of sp³-hybridized carbons (Fsp3) is 0.400. The van der Waals surface area contributed by atoms with Crippen molar-refractivity contribution >= 4 is 33.9 Å². The van der Waals surface area contributed by atoms with E-state index in [0.29, 0.717) is 11.8 Å². The van der Waals surface area contributed by atoms with Gasteiger partial charge in [0, 0.05) is 18.0 Å². The Kier molecular flexibility index (Phi) is 4.76. The summed E-state index contributed by atoms with van der Waals surface area (Å²) in [6.07, 6.45) is 6.78. The second-order valence-corrected chi connectivity index (χ2v) is 8.40. The monoisotopic (exact) mass is 504 g/mol. The summed E-state index contributed by atoms with van der Waals surface area (Å²) in [5.74, 6) is 4.64. The van der Waals surface area contributed by atoms with Gasteiger partial charge >= 0.3 is 0 Å². The second kappa shape index (κ2) is 7.43. The molecule has 9 heteroatoms. The number of fused-ring (bicyclic) bond motifs is 2. The highest BCUT2D eigenvalue weighted by atomic mass is 127. The fourth-order valence-electron chi connectivity index (χ4n) is 3.17. The molecule has 150 valence electrons. The van der Waals surface area contributed by atoms with Gasteiger partial charge in [-0.15, -0.1) is 5.10 Å². The van der Waals surface area contributed by atoms with Crippen LogP contribution in [0.4, 0.5) is 0 Å². The first-order valence-corrected chi connectivity index (χ1v) is 10.7. The molecule has 2 aliphatic carbocycles. The largest absolute Gasteiger partial charge is 0.493 e. The van der Waals surface area contributed by atoms with Crippen LogP contribution < -0.4 is 9.47 Å². The van der Waals surface area contributed by atoms with E-state index in [9.17, 15) is 0 Å². The molecule has 6 rings (SSSR count). The Morgan fingerprint density at radius 1 is 0.862 bits per heavy atom. The number of pyridine rings is 2. The minimum absolute atomic E-state index is 0.574. The van der Waals surface area contributed by atoms with Crippen molar-refractivity contribution in [2.45, 2.75) is 37.5 Å². The standard InChI is InChI=1S/C10H10IN3O.C10H11N3O/c1-15-7-4-5-8(11)14-10(7)12-9(13-14)6-2-3-6;1-14-8-3-2-6-13-10(8)11-9(12-13)7-4-5-7/h4-6H,2-3H2,1H3;2-3,6-7H,4-5H2,1H3. The molecule has 0 N–H and O–H groups in total. The zero-order valence-electron chi connectivity index (χ0n) is 16.2. The van der Waals surface area contributed by atoms with Gasteiger partial charge in [-0.1, -0.05) is 0 Å². The van der Waals surface area contributed by atoms with Gasteiger partial charge in [0.2, 0.25) is 0 Å². The predicted molar refractivity (Wildman–Crippen MR) is 116 cm³/mol. The van der Waals surface area contributed by atoms with Crippen LogP contribution in [0.2, 0.25) is 0 Å². The first kappa shape index (κ1) is 18.6. The lowest BCUT2D eigenvalue weighted by Crippen LogP contribution is -1.95. The van der Waals surface area contributed by atoms with E-state index in [2.05, 4.69) is 42.8 Å². The number of halogens is 1. The summed E-state index contributed by atoms with van der Waals surface area (Å²) >= 11 is 2.25. The van der Waals surface area contributed by atoms with Crippen LogP contribution in [0.15, 0.2) is 30.5 Å². The normalized spacial score (nSPS) is 16.0. The number of hydrogen-bond donors (Lipinski definition) is 0. The van der Waals surface area contributed by atoms with Crippen molar-refractivity contribution in [2.24, 2.45) is 0 Å². The van der Waals surface area contributed by atoms with Gasteiger partial charge in [0.15, 0.2) is 34.4 Å². The molecule has 0 unspecified atom stereocenters. The van der Waals surface area contributed by atoms with Gasteiger partial charge in [0.25, 0.3) is 0 Å². The molecule has 2 fully saturated rings. The number of nitrogens with zero attached hydrogens (tertiary/aromatic N) is 6. The molecule has 4 aromatic heterocycles. The van der Waals surface area contributed by atoms with Crippen LogP contribution in [0.1, 0.15) is 49.2 Å². The molecule has 2 aliphatic rings. The Balaban J connectivity index is 0.000000125. The number of hydrogen-bond acceptors (Lipinski definition) is 6. The molecule has 29 heavy (non-hydrogen) atoms. The molecule has 0 aromatic carbocycles. The highest BCUT2D eigenvalue weighted by Crippen LogP contribution is 2.39. The quantitative estimate of drug-likeness (QED) is 0.311. The average molecular weight is 504 g/mol. The van der Waals surface area contributed by atoms with Gasteiger partial charge in [-0.05, 0) is 72.5 Å². The van der Waals surface area contributed by atoms with Gasteiger partial charge in [-0.25, -0.2) is 19.0 Å². The Hall–Kier alpha value is -2.43. The number of aromatic nitrogens is 6. The average Bonchev–Trinajstić information content (AvgIpc) is 3.68. The highest BCUT2D eigenvalue weighted by Gasteiger charge is 2.29. The van der Waals surface area contributed by atoms with Crippen molar-refractivity contribution in [3.05, 3.63) is 45.8 Å². The van der Waals surface area contributed by atoms with Crippen molar-refractivity contribution in [3.63, 3.8) is 0 Å². The van der Waals surface area contributed by atoms with E-state index in [0.717, 1.165) is 38.1 Å². The Bertz CT molecular complexity index is 1180. The lowest BCUT2D eigenvalue weighted by atomic mass is 10.4. The molecule has 0 amide bonds. The van der Waals surface area contributed by atoms with Crippen molar-refractivity contribution in [1.82, 2.24) is 29.2 Å². The van der Waals surface area contributed by atoms with Crippen molar-refractivity contribution < 1.29 is 9.47 Å². The van der Waals surface area contributed by atoms with Gasteiger partial charge in [0.05, 0.1) is 14.2 Å². The van der Waals surface area contributed by atoms with Crippen molar-refractivity contribution in [1.29, 1.82) is 0 Å². The van der Waals surface area contributed by atoms with Crippen LogP contribution in [-0.2, 0) is 0 Å². The number of ether oxygens (including phenoxy) is 2. The third-order valence-electron chi connectivity index (χ3n) is 5.09. The summed E-state index contributed by atoms with van der Waals surface area (Å²) in [6.45, 7) is 0. The molecule has 0 spiro atoms. The van der Waals surface area contributed by atoms with E-state index < -0.39 is 0 Å². The van der Waals surface area contributed by atoms with Crippen LogP contribution in [0.5, 0.6) is 11.5 Å². The van der Waals surface area contributed by atoms with E-state index in [1.165, 1.54) is 25.7 Å².